The summed E-state index contributed by atoms with van der Waals surface area (Å²) in [6.07, 6.45) is 2.60. The highest BCUT2D eigenvalue weighted by molar-refractivity contribution is 9.10. The molecule has 1 heterocycles. The molecule has 0 aliphatic heterocycles. The first kappa shape index (κ1) is 13.2. The molecule has 6 nitrogen and oxygen atoms in total. The predicted octanol–water partition coefficient (Wildman–Crippen LogP) is 2.26. The minimum Gasteiger partial charge on any atom is -0.437 e. The van der Waals surface area contributed by atoms with Crippen LogP contribution in [-0.2, 0) is 0 Å². The standard InChI is InChI=1S/C11H8BrFN4O2/c12-7-3-6(1-2-8(7)13)19-10-5-15-9(4-16-10)11(14)17-18/h1-5,18H,(H2,14,17). The van der Waals surface area contributed by atoms with E-state index in [4.69, 9.17) is 15.7 Å². The van der Waals surface area contributed by atoms with Gasteiger partial charge in [0.1, 0.15) is 17.3 Å². The Labute approximate surface area is 115 Å². The molecule has 3 N–H and O–H groups in total. The number of oxime groups is 1. The zero-order valence-electron chi connectivity index (χ0n) is 9.42. The molecule has 0 aliphatic rings. The number of amidine groups is 1. The predicted molar refractivity (Wildman–Crippen MR) is 68.7 cm³/mol. The van der Waals surface area contributed by atoms with Gasteiger partial charge in [-0.2, -0.15) is 0 Å². The van der Waals surface area contributed by atoms with Crippen LogP contribution in [-0.4, -0.2) is 21.0 Å². The van der Waals surface area contributed by atoms with E-state index in [0.717, 1.165) is 0 Å². The third kappa shape index (κ3) is 3.16. The van der Waals surface area contributed by atoms with E-state index in [1.54, 1.807) is 0 Å². The van der Waals surface area contributed by atoms with Crippen molar-refractivity contribution in [3.8, 4) is 11.6 Å². The Morgan fingerprint density at radius 1 is 1.37 bits per heavy atom. The van der Waals surface area contributed by atoms with Crippen LogP contribution in [0.5, 0.6) is 11.6 Å². The van der Waals surface area contributed by atoms with Gasteiger partial charge in [-0.15, -0.1) is 0 Å². The van der Waals surface area contributed by atoms with Crippen molar-refractivity contribution < 1.29 is 14.3 Å². The lowest BCUT2D eigenvalue weighted by molar-refractivity contribution is 0.318. The second kappa shape index (κ2) is 5.61. The van der Waals surface area contributed by atoms with Crippen molar-refractivity contribution in [2.45, 2.75) is 0 Å². The third-order valence-corrected chi connectivity index (χ3v) is 2.72. The van der Waals surface area contributed by atoms with E-state index in [9.17, 15) is 4.39 Å². The summed E-state index contributed by atoms with van der Waals surface area (Å²) in [5, 5.41) is 11.3. The lowest BCUT2D eigenvalue weighted by Gasteiger charge is -2.05. The van der Waals surface area contributed by atoms with E-state index in [1.165, 1.54) is 30.6 Å². The second-order valence-electron chi connectivity index (χ2n) is 3.40. The van der Waals surface area contributed by atoms with E-state index in [0.29, 0.717) is 5.75 Å². The number of rotatable bonds is 3. The van der Waals surface area contributed by atoms with Gasteiger partial charge in [0.15, 0.2) is 5.84 Å². The maximum Gasteiger partial charge on any atom is 0.237 e. The fourth-order valence-corrected chi connectivity index (χ4v) is 1.57. The van der Waals surface area contributed by atoms with Crippen LogP contribution < -0.4 is 10.5 Å². The zero-order chi connectivity index (χ0) is 13.8. The third-order valence-electron chi connectivity index (χ3n) is 2.11. The molecule has 0 saturated heterocycles. The highest BCUT2D eigenvalue weighted by Crippen LogP contribution is 2.24. The lowest BCUT2D eigenvalue weighted by Crippen LogP contribution is -2.15. The van der Waals surface area contributed by atoms with Crippen molar-refractivity contribution in [1.29, 1.82) is 0 Å². The molecule has 98 valence electrons. The minimum atomic E-state index is -0.388. The van der Waals surface area contributed by atoms with Gasteiger partial charge >= 0.3 is 0 Å². The topological polar surface area (TPSA) is 93.6 Å². The summed E-state index contributed by atoms with van der Waals surface area (Å²) in [5.41, 5.74) is 5.56. The molecule has 19 heavy (non-hydrogen) atoms. The molecule has 0 unspecified atom stereocenters. The molecular weight excluding hydrogens is 319 g/mol. The highest BCUT2D eigenvalue weighted by Gasteiger charge is 2.05. The molecule has 0 aliphatic carbocycles. The molecule has 0 fully saturated rings. The molecule has 0 atom stereocenters. The molecule has 0 spiro atoms. The Morgan fingerprint density at radius 3 is 2.74 bits per heavy atom. The van der Waals surface area contributed by atoms with E-state index in [2.05, 4.69) is 31.1 Å². The van der Waals surface area contributed by atoms with Crippen LogP contribution in [0.2, 0.25) is 0 Å². The Kier molecular flexibility index (Phi) is 3.91. The first-order valence-electron chi connectivity index (χ1n) is 5.03. The first-order chi connectivity index (χ1) is 9.10. The summed E-state index contributed by atoms with van der Waals surface area (Å²) in [4.78, 5) is 7.83. The fraction of sp³-hybridized carbons (Fsp3) is 0. The van der Waals surface area contributed by atoms with Crippen molar-refractivity contribution >= 4 is 21.8 Å². The van der Waals surface area contributed by atoms with Crippen molar-refractivity contribution in [2.75, 3.05) is 0 Å². The summed E-state index contributed by atoms with van der Waals surface area (Å²) in [5.74, 6) is 0.0661. The van der Waals surface area contributed by atoms with Gasteiger partial charge < -0.3 is 15.7 Å². The Balaban J connectivity index is 2.17. The smallest absolute Gasteiger partial charge is 0.237 e. The molecule has 2 rings (SSSR count). The number of aromatic nitrogens is 2. The molecule has 0 radical (unpaired) electrons. The molecular formula is C11H8BrFN4O2. The molecule has 8 heteroatoms. The van der Waals surface area contributed by atoms with E-state index < -0.39 is 0 Å². The number of hydrogen-bond donors (Lipinski definition) is 2. The van der Waals surface area contributed by atoms with Crippen molar-refractivity contribution in [1.82, 2.24) is 9.97 Å². The lowest BCUT2D eigenvalue weighted by atomic mass is 10.3. The maximum atomic E-state index is 13.0. The van der Waals surface area contributed by atoms with Crippen LogP contribution in [0.25, 0.3) is 0 Å². The van der Waals surface area contributed by atoms with Gasteiger partial charge in [-0.25, -0.2) is 14.4 Å². The fourth-order valence-electron chi connectivity index (χ4n) is 1.21. The van der Waals surface area contributed by atoms with Crippen molar-refractivity contribution in [3.63, 3.8) is 0 Å². The Hall–Kier alpha value is -2.22. The number of nitrogens with two attached hydrogens (primary N) is 1. The number of nitrogens with zero attached hydrogens (tertiary/aromatic N) is 3. The largest absolute Gasteiger partial charge is 0.437 e. The summed E-state index contributed by atoms with van der Waals surface area (Å²) >= 11 is 3.05. The maximum absolute atomic E-state index is 13.0. The highest BCUT2D eigenvalue weighted by atomic mass is 79.9. The zero-order valence-corrected chi connectivity index (χ0v) is 11.0. The average Bonchev–Trinajstić information content (AvgIpc) is 2.43. The summed E-state index contributed by atoms with van der Waals surface area (Å²) in [6.45, 7) is 0. The minimum absolute atomic E-state index is 0.149. The van der Waals surface area contributed by atoms with Crippen LogP contribution in [0.4, 0.5) is 4.39 Å². The molecule has 2 aromatic rings. The van der Waals surface area contributed by atoms with Gasteiger partial charge in [-0.05, 0) is 34.1 Å². The second-order valence-corrected chi connectivity index (χ2v) is 4.26. The van der Waals surface area contributed by atoms with Gasteiger partial charge in [0.05, 0.1) is 16.9 Å². The number of halogens is 2. The summed E-state index contributed by atoms with van der Waals surface area (Å²) < 4.78 is 18.7. The Morgan fingerprint density at radius 2 is 2.16 bits per heavy atom. The Bertz CT molecular complexity index is 619. The van der Waals surface area contributed by atoms with Gasteiger partial charge in [-0.3, -0.25) is 0 Å². The summed E-state index contributed by atoms with van der Waals surface area (Å²) in [6, 6.07) is 4.19. The quantitative estimate of drug-likeness (QED) is 0.390. The van der Waals surface area contributed by atoms with Gasteiger partial charge in [0.25, 0.3) is 0 Å². The molecule has 0 bridgehead atoms. The van der Waals surface area contributed by atoms with Crippen LogP contribution in [0.15, 0.2) is 40.2 Å². The number of benzene rings is 1. The van der Waals surface area contributed by atoms with Gasteiger partial charge in [-0.1, -0.05) is 5.16 Å². The van der Waals surface area contributed by atoms with Crippen LogP contribution >= 0.6 is 15.9 Å². The van der Waals surface area contributed by atoms with Crippen molar-refractivity contribution in [2.24, 2.45) is 10.9 Å². The molecule has 1 aromatic heterocycles. The normalized spacial score (nSPS) is 11.4. The van der Waals surface area contributed by atoms with Crippen LogP contribution in [0.1, 0.15) is 5.69 Å². The van der Waals surface area contributed by atoms with E-state index in [-0.39, 0.29) is 27.7 Å². The average molecular weight is 327 g/mol. The molecule has 0 saturated carbocycles. The summed E-state index contributed by atoms with van der Waals surface area (Å²) in [7, 11) is 0. The van der Waals surface area contributed by atoms with Crippen molar-refractivity contribution in [3.05, 3.63) is 46.6 Å². The number of hydrogen-bond acceptors (Lipinski definition) is 5. The van der Waals surface area contributed by atoms with Gasteiger partial charge in [0, 0.05) is 0 Å². The molecule has 1 aromatic carbocycles. The van der Waals surface area contributed by atoms with E-state index >= 15 is 0 Å². The van der Waals surface area contributed by atoms with Crippen LogP contribution in [0.3, 0.4) is 0 Å². The first-order valence-corrected chi connectivity index (χ1v) is 5.82. The monoisotopic (exact) mass is 326 g/mol. The van der Waals surface area contributed by atoms with Crippen LogP contribution in [0, 0.1) is 5.82 Å². The molecule has 0 amide bonds. The van der Waals surface area contributed by atoms with E-state index in [1.807, 2.05) is 0 Å². The number of ether oxygens (including phenoxy) is 1. The SMILES string of the molecule is N/C(=N/O)c1cnc(Oc2ccc(F)c(Br)c2)cn1. The van der Waals surface area contributed by atoms with Gasteiger partial charge in [0.2, 0.25) is 5.88 Å².